The first-order chi connectivity index (χ1) is 11.1. The predicted octanol–water partition coefficient (Wildman–Crippen LogP) is 3.25. The minimum Gasteiger partial charge on any atom is -0.334 e. The first-order valence-corrected chi connectivity index (χ1v) is 9.06. The third-order valence-corrected chi connectivity index (χ3v) is 6.30. The van der Waals surface area contributed by atoms with Crippen molar-refractivity contribution in [3.05, 3.63) is 24.0 Å². The van der Waals surface area contributed by atoms with Crippen molar-refractivity contribution in [2.45, 2.75) is 51.0 Å². The van der Waals surface area contributed by atoms with E-state index in [4.69, 9.17) is 0 Å². The summed E-state index contributed by atoms with van der Waals surface area (Å²) in [7, 11) is 1.90. The van der Waals surface area contributed by atoms with E-state index >= 15 is 0 Å². The predicted molar refractivity (Wildman–Crippen MR) is 90.5 cm³/mol. The molecule has 4 heteroatoms. The average Bonchev–Trinajstić information content (AvgIpc) is 2.90. The summed E-state index contributed by atoms with van der Waals surface area (Å²) >= 11 is 0. The van der Waals surface area contributed by atoms with Crippen LogP contribution in [0.1, 0.15) is 51.0 Å². The fourth-order valence-corrected chi connectivity index (χ4v) is 5.90. The van der Waals surface area contributed by atoms with Gasteiger partial charge in [-0.1, -0.05) is 0 Å². The molecule has 0 N–H and O–H groups in total. The number of likely N-dealkylation sites (N-methyl/N-ethyl adjacent to an activating group) is 1. The van der Waals surface area contributed by atoms with Crippen molar-refractivity contribution in [3.63, 3.8) is 0 Å². The van der Waals surface area contributed by atoms with Gasteiger partial charge in [0, 0.05) is 37.0 Å². The number of rotatable bonds is 4. The lowest BCUT2D eigenvalue weighted by molar-refractivity contribution is -0.145. The van der Waals surface area contributed by atoms with E-state index in [0.29, 0.717) is 0 Å². The van der Waals surface area contributed by atoms with Gasteiger partial charge in [-0.05, 0) is 69.3 Å². The average molecular weight is 313 g/mol. The van der Waals surface area contributed by atoms with Gasteiger partial charge in [-0.25, -0.2) is 0 Å². The van der Waals surface area contributed by atoms with Gasteiger partial charge < -0.3 is 4.90 Å². The highest BCUT2D eigenvalue weighted by Crippen LogP contribution is 2.57. The molecular formula is C19H27N3O. The molecule has 4 nitrogen and oxygen atoms in total. The van der Waals surface area contributed by atoms with Crippen LogP contribution in [0.25, 0.3) is 6.08 Å². The fraction of sp³-hybridized carbons (Fsp3) is 0.684. The van der Waals surface area contributed by atoms with Crippen LogP contribution in [0.3, 0.4) is 0 Å². The van der Waals surface area contributed by atoms with Crippen LogP contribution in [-0.2, 0) is 11.8 Å². The van der Waals surface area contributed by atoms with Crippen molar-refractivity contribution >= 4 is 12.0 Å². The summed E-state index contributed by atoms with van der Waals surface area (Å²) < 4.78 is 1.76. The maximum atomic E-state index is 12.9. The fourth-order valence-electron chi connectivity index (χ4n) is 5.90. The van der Waals surface area contributed by atoms with Crippen LogP contribution in [0.5, 0.6) is 0 Å². The van der Waals surface area contributed by atoms with Gasteiger partial charge in [-0.3, -0.25) is 9.48 Å². The topological polar surface area (TPSA) is 38.1 Å². The number of hydrogen-bond acceptors (Lipinski definition) is 2. The van der Waals surface area contributed by atoms with E-state index in [1.165, 1.54) is 38.5 Å². The molecule has 4 aliphatic carbocycles. The molecule has 0 aliphatic heterocycles. The maximum Gasteiger partial charge on any atom is 0.247 e. The normalized spacial score (nSPS) is 35.1. The van der Waals surface area contributed by atoms with Crippen molar-refractivity contribution in [3.8, 4) is 0 Å². The summed E-state index contributed by atoms with van der Waals surface area (Å²) in [6.07, 6.45) is 15.3. The molecule has 4 aliphatic rings. The number of carbonyl (C=O) groups is 1. The molecule has 1 aromatic heterocycles. The number of hydrogen-bond donors (Lipinski definition) is 0. The molecule has 0 atom stereocenters. The van der Waals surface area contributed by atoms with Crippen LogP contribution in [0.4, 0.5) is 0 Å². The van der Waals surface area contributed by atoms with Crippen molar-refractivity contribution in [2.75, 3.05) is 6.54 Å². The quantitative estimate of drug-likeness (QED) is 0.800. The Hall–Kier alpha value is -1.58. The highest BCUT2D eigenvalue weighted by atomic mass is 16.2. The molecule has 0 unspecified atom stereocenters. The van der Waals surface area contributed by atoms with Crippen molar-refractivity contribution in [1.29, 1.82) is 0 Å². The molecule has 1 amide bonds. The third-order valence-electron chi connectivity index (χ3n) is 6.30. The number of carbonyl (C=O) groups excluding carboxylic acids is 1. The van der Waals surface area contributed by atoms with Crippen LogP contribution >= 0.6 is 0 Å². The minimum atomic E-state index is 0.153. The summed E-state index contributed by atoms with van der Waals surface area (Å²) in [6.45, 7) is 2.96. The number of nitrogens with zero attached hydrogens (tertiary/aromatic N) is 3. The van der Waals surface area contributed by atoms with Crippen molar-refractivity contribution in [1.82, 2.24) is 14.7 Å². The van der Waals surface area contributed by atoms with Crippen LogP contribution in [0.15, 0.2) is 18.5 Å². The molecule has 4 fully saturated rings. The zero-order valence-corrected chi connectivity index (χ0v) is 14.2. The van der Waals surface area contributed by atoms with Crippen LogP contribution in [0, 0.1) is 17.8 Å². The van der Waals surface area contributed by atoms with E-state index in [9.17, 15) is 4.79 Å². The second-order valence-corrected chi connectivity index (χ2v) is 8.01. The van der Waals surface area contributed by atoms with Gasteiger partial charge in [0.2, 0.25) is 5.91 Å². The second-order valence-electron chi connectivity index (χ2n) is 8.01. The SMILES string of the molecule is CCN(C(=O)/C=C/c1cnn(C)c1)C12CC3CC(CC(C3)C1)C2. The van der Waals surface area contributed by atoms with Gasteiger partial charge in [0.25, 0.3) is 0 Å². The standard InChI is InChI=1S/C19H27N3O/c1-3-22(18(23)5-4-14-12-20-21(2)13-14)19-9-15-6-16(10-19)8-17(7-15)11-19/h4-5,12-13,15-17H,3,6-11H2,1-2H3/b5-4+. The molecule has 23 heavy (non-hydrogen) atoms. The van der Waals surface area contributed by atoms with Gasteiger partial charge in [0.15, 0.2) is 0 Å². The summed E-state index contributed by atoms with van der Waals surface area (Å²) in [6, 6.07) is 0. The van der Waals surface area contributed by atoms with Gasteiger partial charge in [0.05, 0.1) is 6.20 Å². The maximum absolute atomic E-state index is 12.9. The van der Waals surface area contributed by atoms with E-state index in [2.05, 4.69) is 16.9 Å². The Morgan fingerprint density at radius 2 is 1.91 bits per heavy atom. The smallest absolute Gasteiger partial charge is 0.247 e. The molecule has 1 heterocycles. The second kappa shape index (κ2) is 5.50. The zero-order valence-electron chi connectivity index (χ0n) is 14.2. The molecule has 0 saturated heterocycles. The van der Waals surface area contributed by atoms with Gasteiger partial charge >= 0.3 is 0 Å². The summed E-state index contributed by atoms with van der Waals surface area (Å²) in [4.78, 5) is 15.1. The molecular weight excluding hydrogens is 286 g/mol. The summed E-state index contributed by atoms with van der Waals surface area (Å²) in [5, 5.41) is 4.15. The Labute approximate surface area is 138 Å². The van der Waals surface area contributed by atoms with E-state index in [1.54, 1.807) is 17.0 Å². The lowest BCUT2D eigenvalue weighted by Crippen LogP contribution is -2.61. The highest BCUT2D eigenvalue weighted by molar-refractivity contribution is 5.92. The van der Waals surface area contributed by atoms with Crippen LogP contribution < -0.4 is 0 Å². The molecule has 4 bridgehead atoms. The van der Waals surface area contributed by atoms with Gasteiger partial charge in [-0.15, -0.1) is 0 Å². The van der Waals surface area contributed by atoms with E-state index in [1.807, 2.05) is 19.3 Å². The lowest BCUT2D eigenvalue weighted by Gasteiger charge is -2.60. The largest absolute Gasteiger partial charge is 0.334 e. The molecule has 5 rings (SSSR count). The number of aryl methyl sites for hydroxylation is 1. The molecule has 0 aromatic carbocycles. The Bertz CT molecular complexity index is 595. The Balaban J connectivity index is 1.54. The first-order valence-electron chi connectivity index (χ1n) is 9.06. The molecule has 0 spiro atoms. The van der Waals surface area contributed by atoms with Crippen LogP contribution in [0.2, 0.25) is 0 Å². The molecule has 124 valence electrons. The number of aromatic nitrogens is 2. The highest BCUT2D eigenvalue weighted by Gasteiger charge is 2.54. The Morgan fingerprint density at radius 3 is 2.39 bits per heavy atom. The lowest BCUT2D eigenvalue weighted by atomic mass is 9.52. The van der Waals surface area contributed by atoms with Crippen LogP contribution in [-0.4, -0.2) is 32.7 Å². The third kappa shape index (κ3) is 2.62. The van der Waals surface area contributed by atoms with E-state index < -0.39 is 0 Å². The number of amides is 1. The zero-order chi connectivity index (χ0) is 16.0. The first kappa shape index (κ1) is 15.0. The summed E-state index contributed by atoms with van der Waals surface area (Å²) in [5.74, 6) is 2.78. The monoisotopic (exact) mass is 313 g/mol. The van der Waals surface area contributed by atoms with E-state index in [-0.39, 0.29) is 11.4 Å². The molecule has 0 radical (unpaired) electrons. The molecule has 1 aromatic rings. The van der Waals surface area contributed by atoms with E-state index in [0.717, 1.165) is 29.9 Å². The van der Waals surface area contributed by atoms with Crippen molar-refractivity contribution < 1.29 is 4.79 Å². The minimum absolute atomic E-state index is 0.153. The summed E-state index contributed by atoms with van der Waals surface area (Å²) in [5.41, 5.74) is 1.14. The Kier molecular flexibility index (Phi) is 3.58. The van der Waals surface area contributed by atoms with Gasteiger partial charge in [0.1, 0.15) is 0 Å². The molecule has 4 saturated carbocycles. The Morgan fingerprint density at radius 1 is 1.30 bits per heavy atom. The van der Waals surface area contributed by atoms with Gasteiger partial charge in [-0.2, -0.15) is 5.10 Å². The van der Waals surface area contributed by atoms with Crippen molar-refractivity contribution in [2.24, 2.45) is 24.8 Å².